The summed E-state index contributed by atoms with van der Waals surface area (Å²) in [5, 5.41) is 3.26. The van der Waals surface area contributed by atoms with Gasteiger partial charge in [0.05, 0.1) is 7.11 Å². The molecule has 0 bridgehead atoms. The van der Waals surface area contributed by atoms with Crippen molar-refractivity contribution in [3.63, 3.8) is 0 Å². The summed E-state index contributed by atoms with van der Waals surface area (Å²) in [6, 6.07) is 0.478. The number of hydrogen-bond donors (Lipinski definition) is 3. The number of nitrogen functional groups attached to an aromatic ring is 1. The van der Waals surface area contributed by atoms with Crippen LogP contribution in [0.4, 0.5) is 11.9 Å². The van der Waals surface area contributed by atoms with Crippen molar-refractivity contribution in [2.75, 3.05) is 37.5 Å². The van der Waals surface area contributed by atoms with E-state index in [1.54, 1.807) is 0 Å². The fraction of sp³-hybridized carbons (Fsp3) is 0.750. The van der Waals surface area contributed by atoms with Gasteiger partial charge >= 0.3 is 6.01 Å². The van der Waals surface area contributed by atoms with Gasteiger partial charge in [0.2, 0.25) is 11.9 Å². The minimum absolute atomic E-state index is 0.237. The second-order valence-electron chi connectivity index (χ2n) is 5.02. The summed E-state index contributed by atoms with van der Waals surface area (Å²) < 4.78 is 5.02. The summed E-state index contributed by atoms with van der Waals surface area (Å²) in [5.41, 5.74) is 2.40. The van der Waals surface area contributed by atoms with Gasteiger partial charge in [-0.25, -0.2) is 5.84 Å². The van der Waals surface area contributed by atoms with Crippen molar-refractivity contribution >= 4 is 11.9 Å². The van der Waals surface area contributed by atoms with Crippen LogP contribution in [-0.4, -0.2) is 52.6 Å². The standard InChI is InChI=1S/C12H23N7O/c1-9(8-19-6-4-3-5-7-19)14-10-15-11(18-13)17-12(16-10)20-2/h9H,3-8,13H2,1-2H3,(H2,14,15,16,17,18). The lowest BCUT2D eigenvalue weighted by molar-refractivity contribution is 0.223. The van der Waals surface area contributed by atoms with E-state index in [2.05, 4.69) is 37.5 Å². The summed E-state index contributed by atoms with van der Waals surface area (Å²) in [4.78, 5) is 14.8. The van der Waals surface area contributed by atoms with Gasteiger partial charge in [-0.15, -0.1) is 0 Å². The van der Waals surface area contributed by atoms with Gasteiger partial charge in [0.15, 0.2) is 0 Å². The Morgan fingerprint density at radius 1 is 1.20 bits per heavy atom. The predicted molar refractivity (Wildman–Crippen MR) is 77.6 cm³/mol. The third-order valence-electron chi connectivity index (χ3n) is 3.28. The number of rotatable bonds is 6. The molecule has 8 heteroatoms. The van der Waals surface area contributed by atoms with Gasteiger partial charge in [-0.1, -0.05) is 6.42 Å². The fourth-order valence-corrected chi connectivity index (χ4v) is 2.37. The molecule has 4 N–H and O–H groups in total. The molecule has 8 nitrogen and oxygen atoms in total. The second kappa shape index (κ2) is 7.20. The third kappa shape index (κ3) is 4.17. The molecule has 1 aliphatic rings. The number of hydrazine groups is 1. The van der Waals surface area contributed by atoms with Crippen LogP contribution >= 0.6 is 0 Å². The van der Waals surface area contributed by atoms with Gasteiger partial charge in [0.1, 0.15) is 0 Å². The smallest absolute Gasteiger partial charge is 0.322 e. The Bertz CT molecular complexity index is 400. The molecular formula is C12H23N7O. The molecule has 0 aromatic carbocycles. The van der Waals surface area contributed by atoms with E-state index in [0.29, 0.717) is 5.95 Å². The lowest BCUT2D eigenvalue weighted by Crippen LogP contribution is -2.38. The molecule has 0 amide bonds. The molecule has 1 saturated heterocycles. The zero-order valence-corrected chi connectivity index (χ0v) is 12.1. The van der Waals surface area contributed by atoms with Crippen molar-refractivity contribution in [1.29, 1.82) is 0 Å². The minimum atomic E-state index is 0.237. The largest absolute Gasteiger partial charge is 0.467 e. The number of nitrogens with one attached hydrogen (secondary N) is 2. The summed E-state index contributed by atoms with van der Waals surface area (Å²) >= 11 is 0. The maximum atomic E-state index is 5.33. The second-order valence-corrected chi connectivity index (χ2v) is 5.02. The molecule has 1 aliphatic heterocycles. The van der Waals surface area contributed by atoms with Gasteiger partial charge in [-0.3, -0.25) is 5.43 Å². The van der Waals surface area contributed by atoms with Crippen LogP contribution in [0.5, 0.6) is 6.01 Å². The molecule has 1 aromatic rings. The van der Waals surface area contributed by atoms with Crippen LogP contribution in [0.25, 0.3) is 0 Å². The van der Waals surface area contributed by atoms with Crippen LogP contribution in [0, 0.1) is 0 Å². The first-order chi connectivity index (χ1) is 9.71. The molecular weight excluding hydrogens is 258 g/mol. The number of piperidine rings is 1. The number of hydrogen-bond acceptors (Lipinski definition) is 8. The van der Waals surface area contributed by atoms with Gasteiger partial charge < -0.3 is 15.0 Å². The summed E-state index contributed by atoms with van der Waals surface area (Å²) in [6.45, 7) is 5.42. The Kier molecular flexibility index (Phi) is 5.31. The number of nitrogens with two attached hydrogens (primary N) is 1. The highest BCUT2D eigenvalue weighted by Crippen LogP contribution is 2.13. The number of likely N-dealkylation sites (tertiary alicyclic amines) is 1. The third-order valence-corrected chi connectivity index (χ3v) is 3.28. The Labute approximate surface area is 119 Å². The van der Waals surface area contributed by atoms with Crippen LogP contribution in [0.15, 0.2) is 0 Å². The quantitative estimate of drug-likeness (QED) is 0.510. The van der Waals surface area contributed by atoms with Crippen molar-refractivity contribution in [2.24, 2.45) is 5.84 Å². The number of methoxy groups -OCH3 is 1. The Balaban J connectivity index is 1.93. The fourth-order valence-electron chi connectivity index (χ4n) is 2.37. The number of anilines is 2. The molecule has 0 saturated carbocycles. The zero-order valence-electron chi connectivity index (χ0n) is 12.1. The molecule has 2 heterocycles. The van der Waals surface area contributed by atoms with Crippen LogP contribution in [0.3, 0.4) is 0 Å². The van der Waals surface area contributed by atoms with E-state index < -0.39 is 0 Å². The number of nitrogens with zero attached hydrogens (tertiary/aromatic N) is 4. The highest BCUT2D eigenvalue weighted by Gasteiger charge is 2.15. The molecule has 112 valence electrons. The SMILES string of the molecule is COc1nc(NN)nc(NC(C)CN2CCCCC2)n1. The van der Waals surface area contributed by atoms with Crippen molar-refractivity contribution in [3.05, 3.63) is 0 Å². The van der Waals surface area contributed by atoms with Crippen molar-refractivity contribution in [1.82, 2.24) is 19.9 Å². The molecule has 0 spiro atoms. The Morgan fingerprint density at radius 3 is 2.55 bits per heavy atom. The molecule has 2 rings (SSSR count). The van der Waals surface area contributed by atoms with E-state index in [1.165, 1.54) is 39.5 Å². The topological polar surface area (TPSA) is 101 Å². The van der Waals surface area contributed by atoms with Crippen molar-refractivity contribution < 1.29 is 4.74 Å². The van der Waals surface area contributed by atoms with E-state index in [9.17, 15) is 0 Å². The van der Waals surface area contributed by atoms with E-state index >= 15 is 0 Å². The highest BCUT2D eigenvalue weighted by atomic mass is 16.5. The van der Waals surface area contributed by atoms with Crippen molar-refractivity contribution in [3.8, 4) is 6.01 Å². The van der Waals surface area contributed by atoms with E-state index in [-0.39, 0.29) is 18.0 Å². The number of aromatic nitrogens is 3. The molecule has 0 aliphatic carbocycles. The van der Waals surface area contributed by atoms with Crippen LogP contribution in [0.1, 0.15) is 26.2 Å². The normalized spacial score (nSPS) is 17.6. The summed E-state index contributed by atoms with van der Waals surface area (Å²) in [5.74, 6) is 6.08. The molecule has 1 aromatic heterocycles. The molecule has 1 unspecified atom stereocenters. The van der Waals surface area contributed by atoms with Gasteiger partial charge in [-0.2, -0.15) is 15.0 Å². The monoisotopic (exact) mass is 281 g/mol. The van der Waals surface area contributed by atoms with E-state index in [4.69, 9.17) is 10.6 Å². The first-order valence-corrected chi connectivity index (χ1v) is 6.97. The van der Waals surface area contributed by atoms with Gasteiger partial charge in [-0.05, 0) is 32.9 Å². The molecule has 20 heavy (non-hydrogen) atoms. The highest BCUT2D eigenvalue weighted by molar-refractivity contribution is 5.35. The van der Waals surface area contributed by atoms with Crippen molar-refractivity contribution in [2.45, 2.75) is 32.2 Å². The van der Waals surface area contributed by atoms with Gasteiger partial charge in [0.25, 0.3) is 0 Å². The summed E-state index contributed by atoms with van der Waals surface area (Å²) in [6.07, 6.45) is 3.91. The summed E-state index contributed by atoms with van der Waals surface area (Å²) in [7, 11) is 1.51. The lowest BCUT2D eigenvalue weighted by Gasteiger charge is -2.29. The Hall–Kier alpha value is -1.67. The minimum Gasteiger partial charge on any atom is -0.467 e. The number of ether oxygens (including phenoxy) is 1. The van der Waals surface area contributed by atoms with E-state index in [1.807, 2.05) is 0 Å². The van der Waals surface area contributed by atoms with E-state index in [0.717, 1.165) is 6.54 Å². The van der Waals surface area contributed by atoms with Crippen LogP contribution < -0.4 is 21.3 Å². The van der Waals surface area contributed by atoms with Crippen LogP contribution in [-0.2, 0) is 0 Å². The average molecular weight is 281 g/mol. The first-order valence-electron chi connectivity index (χ1n) is 6.97. The first kappa shape index (κ1) is 14.7. The van der Waals surface area contributed by atoms with Crippen LogP contribution in [0.2, 0.25) is 0 Å². The Morgan fingerprint density at radius 2 is 1.90 bits per heavy atom. The maximum Gasteiger partial charge on any atom is 0.322 e. The molecule has 1 atom stereocenters. The van der Waals surface area contributed by atoms with Gasteiger partial charge in [0, 0.05) is 12.6 Å². The molecule has 0 radical (unpaired) electrons. The zero-order chi connectivity index (χ0) is 14.4. The maximum absolute atomic E-state index is 5.33. The average Bonchev–Trinajstić information content (AvgIpc) is 2.47. The predicted octanol–water partition coefficient (Wildman–Crippen LogP) is 0.452. The molecule has 1 fully saturated rings. The lowest BCUT2D eigenvalue weighted by atomic mass is 10.1.